The minimum Gasteiger partial charge on any atom is -0.490 e. The van der Waals surface area contributed by atoms with Gasteiger partial charge in [-0.05, 0) is 83.4 Å². The van der Waals surface area contributed by atoms with Crippen molar-refractivity contribution in [1.29, 1.82) is 5.26 Å². The first-order valence-electron chi connectivity index (χ1n) is 13.7. The summed E-state index contributed by atoms with van der Waals surface area (Å²) in [5.41, 5.74) is 0.388. The van der Waals surface area contributed by atoms with Crippen LogP contribution >= 0.6 is 27.5 Å². The number of benzene rings is 3. The first-order valence-corrected chi connectivity index (χ1v) is 14.9. The molecule has 13 heteroatoms. The number of imidazole rings is 1. The lowest BCUT2D eigenvalue weighted by molar-refractivity contribution is 0.0707. The van der Waals surface area contributed by atoms with Crippen LogP contribution in [0, 0.1) is 17.1 Å². The fourth-order valence-corrected chi connectivity index (χ4v) is 5.38. The maximum atomic E-state index is 15.0. The normalized spacial score (nSPS) is 14.0. The number of amides is 2. The Hall–Kier alpha value is -4.60. The van der Waals surface area contributed by atoms with Crippen molar-refractivity contribution in [2.45, 2.75) is 32.0 Å². The van der Waals surface area contributed by atoms with Gasteiger partial charge in [0.15, 0.2) is 6.61 Å². The number of ether oxygens (including phenoxy) is 2. The molecule has 1 saturated carbocycles. The molecule has 224 valence electrons. The van der Waals surface area contributed by atoms with Crippen LogP contribution in [-0.4, -0.2) is 45.1 Å². The average Bonchev–Trinajstić information content (AvgIpc) is 3.79. The third kappa shape index (κ3) is 5.93. The molecule has 3 aromatic carbocycles. The van der Waals surface area contributed by atoms with Crippen molar-refractivity contribution < 1.29 is 23.5 Å². The molecule has 0 bridgehead atoms. The second kappa shape index (κ2) is 12.2. The summed E-state index contributed by atoms with van der Waals surface area (Å²) in [4.78, 5) is 42.6. The van der Waals surface area contributed by atoms with Crippen LogP contribution in [-0.2, 0) is 13.1 Å². The van der Waals surface area contributed by atoms with E-state index in [-0.39, 0.29) is 55.4 Å². The maximum absolute atomic E-state index is 15.0. The summed E-state index contributed by atoms with van der Waals surface area (Å²) >= 11 is 9.55. The lowest BCUT2D eigenvalue weighted by Crippen LogP contribution is -2.41. The number of hydrogen-bond donors (Lipinski definition) is 1. The topological polar surface area (TPSA) is 119 Å². The largest absolute Gasteiger partial charge is 0.490 e. The summed E-state index contributed by atoms with van der Waals surface area (Å²) in [5, 5.41) is 11.6. The van der Waals surface area contributed by atoms with Crippen LogP contribution in [0.1, 0.15) is 39.4 Å². The molecule has 2 aliphatic rings. The molecular formula is C31H24BrClFN5O5. The molecule has 2 heterocycles. The number of halogens is 3. The van der Waals surface area contributed by atoms with E-state index >= 15 is 0 Å². The third-order valence-corrected chi connectivity index (χ3v) is 8.49. The molecule has 1 aliphatic heterocycles. The maximum Gasteiger partial charge on any atom is 0.333 e. The van der Waals surface area contributed by atoms with Crippen molar-refractivity contribution in [3.63, 3.8) is 0 Å². The molecule has 44 heavy (non-hydrogen) atoms. The Morgan fingerprint density at radius 3 is 2.50 bits per heavy atom. The van der Waals surface area contributed by atoms with E-state index in [9.17, 15) is 18.8 Å². The monoisotopic (exact) mass is 679 g/mol. The van der Waals surface area contributed by atoms with Crippen molar-refractivity contribution in [2.75, 3.05) is 18.5 Å². The van der Waals surface area contributed by atoms with Gasteiger partial charge in [-0.15, -0.1) is 0 Å². The Morgan fingerprint density at radius 1 is 1.07 bits per heavy atom. The fraction of sp³-hybridized carbons (Fsp3) is 0.226. The number of nitrogens with one attached hydrogen (secondary N) is 1. The Morgan fingerprint density at radius 2 is 1.82 bits per heavy atom. The van der Waals surface area contributed by atoms with Crippen molar-refractivity contribution in [3.05, 3.63) is 103 Å². The molecule has 0 saturated heterocycles. The minimum atomic E-state index is -0.790. The molecule has 1 aromatic heterocycles. The molecule has 1 N–H and O–H groups in total. The van der Waals surface area contributed by atoms with Crippen molar-refractivity contribution in [1.82, 2.24) is 14.0 Å². The van der Waals surface area contributed by atoms with Gasteiger partial charge >= 0.3 is 5.69 Å². The molecule has 1 aliphatic carbocycles. The standard InChI is InChI=1S/C31H24BrClFN5O5/c32-23-9-1-18(15-24(23)33)30(41)37-12-13-38-27(17-37)28(29(40)36-26-10-8-22(16-25(26)34)43-14-11-35)39(31(38)42)19-2-4-20(5-3-19)44-21-6-7-21/h1-5,8-10,15-16,21H,6-7,12-14,17H2,(H,36,40). The smallest absolute Gasteiger partial charge is 0.333 e. The van der Waals surface area contributed by atoms with Crippen molar-refractivity contribution in [2.24, 2.45) is 0 Å². The van der Waals surface area contributed by atoms with E-state index in [0.29, 0.717) is 32.2 Å². The zero-order chi connectivity index (χ0) is 31.0. The summed E-state index contributed by atoms with van der Waals surface area (Å²) in [5.74, 6) is -1.10. The van der Waals surface area contributed by atoms with Gasteiger partial charge in [0.1, 0.15) is 29.1 Å². The van der Waals surface area contributed by atoms with Gasteiger partial charge in [-0.2, -0.15) is 5.26 Å². The van der Waals surface area contributed by atoms with Crippen LogP contribution in [0.4, 0.5) is 10.1 Å². The SMILES string of the molecule is N#CCOc1ccc(NC(=O)c2c3n(c(=O)n2-c2ccc(OC4CC4)cc2)CCN(C(=O)c2ccc(Br)c(Cl)c2)C3)c(F)c1. The highest BCUT2D eigenvalue weighted by atomic mass is 79.9. The van der Waals surface area contributed by atoms with E-state index in [1.165, 1.54) is 26.2 Å². The second-order valence-corrected chi connectivity index (χ2v) is 11.5. The molecule has 1 fully saturated rings. The van der Waals surface area contributed by atoms with Crippen molar-refractivity contribution >= 4 is 45.0 Å². The zero-order valence-corrected chi connectivity index (χ0v) is 25.4. The van der Waals surface area contributed by atoms with Gasteiger partial charge in [-0.25, -0.2) is 9.18 Å². The summed E-state index contributed by atoms with van der Waals surface area (Å²) in [6.07, 6.45) is 2.16. The predicted octanol–water partition coefficient (Wildman–Crippen LogP) is 5.55. The van der Waals surface area contributed by atoms with E-state index < -0.39 is 17.4 Å². The number of hydrogen-bond acceptors (Lipinski definition) is 6. The number of fused-ring (bicyclic) bond motifs is 1. The van der Waals surface area contributed by atoms with Gasteiger partial charge in [0.05, 0.1) is 34.7 Å². The molecule has 6 rings (SSSR count). The third-order valence-electron chi connectivity index (χ3n) is 7.26. The van der Waals surface area contributed by atoms with Gasteiger partial charge in [-0.3, -0.25) is 18.7 Å². The number of anilines is 1. The molecule has 0 unspecified atom stereocenters. The highest BCUT2D eigenvalue weighted by Crippen LogP contribution is 2.29. The van der Waals surface area contributed by atoms with Crippen LogP contribution in [0.2, 0.25) is 5.02 Å². The minimum absolute atomic E-state index is 0.0404. The van der Waals surface area contributed by atoms with Crippen LogP contribution in [0.15, 0.2) is 69.9 Å². The van der Waals surface area contributed by atoms with Gasteiger partial charge in [0.2, 0.25) is 0 Å². The van der Waals surface area contributed by atoms with Gasteiger partial charge < -0.3 is 19.7 Å². The van der Waals surface area contributed by atoms with Gasteiger partial charge in [0, 0.05) is 29.2 Å². The Bertz CT molecular complexity index is 1880. The highest BCUT2D eigenvalue weighted by Gasteiger charge is 2.33. The van der Waals surface area contributed by atoms with Crippen LogP contribution in [0.3, 0.4) is 0 Å². The molecule has 0 spiro atoms. The second-order valence-electron chi connectivity index (χ2n) is 10.3. The summed E-state index contributed by atoms with van der Waals surface area (Å²) in [7, 11) is 0. The summed E-state index contributed by atoms with van der Waals surface area (Å²) in [6.45, 7) is 0.0430. The highest BCUT2D eigenvalue weighted by molar-refractivity contribution is 9.10. The van der Waals surface area contributed by atoms with Gasteiger partial charge in [0.25, 0.3) is 11.8 Å². The molecule has 2 amide bonds. The van der Waals surface area contributed by atoms with Crippen LogP contribution in [0.25, 0.3) is 5.69 Å². The number of aromatic nitrogens is 2. The van der Waals surface area contributed by atoms with E-state index in [2.05, 4.69) is 21.2 Å². The molecule has 4 aromatic rings. The number of rotatable bonds is 8. The molecular weight excluding hydrogens is 657 g/mol. The van der Waals surface area contributed by atoms with Crippen LogP contribution in [0.5, 0.6) is 11.5 Å². The first kappa shape index (κ1) is 29.5. The number of carbonyl (C=O) groups is 2. The number of nitriles is 1. The Kier molecular flexibility index (Phi) is 8.16. The quantitative estimate of drug-likeness (QED) is 0.261. The van der Waals surface area contributed by atoms with E-state index in [4.69, 9.17) is 26.3 Å². The lowest BCUT2D eigenvalue weighted by Gasteiger charge is -2.28. The molecule has 0 radical (unpaired) electrons. The fourth-order valence-electron chi connectivity index (χ4n) is 4.95. The Labute approximate surface area is 264 Å². The van der Waals surface area contributed by atoms with Crippen molar-refractivity contribution in [3.8, 4) is 23.3 Å². The number of nitrogens with zero attached hydrogens (tertiary/aromatic N) is 4. The lowest BCUT2D eigenvalue weighted by atomic mass is 10.1. The molecule has 0 atom stereocenters. The van der Waals surface area contributed by atoms with Gasteiger partial charge in [-0.1, -0.05) is 11.6 Å². The average molecular weight is 681 g/mol. The Balaban J connectivity index is 1.37. The van der Waals surface area contributed by atoms with Crippen LogP contribution < -0.4 is 20.5 Å². The summed E-state index contributed by atoms with van der Waals surface area (Å²) < 4.78 is 29.3. The van der Waals surface area contributed by atoms with E-state index in [1.807, 2.05) is 0 Å². The predicted molar refractivity (Wildman–Crippen MR) is 163 cm³/mol. The summed E-state index contributed by atoms with van der Waals surface area (Å²) in [6, 6.07) is 17.3. The van der Waals surface area contributed by atoms with E-state index in [1.54, 1.807) is 48.5 Å². The van der Waals surface area contributed by atoms with E-state index in [0.717, 1.165) is 18.9 Å². The zero-order valence-electron chi connectivity index (χ0n) is 23.1. The first-order chi connectivity index (χ1) is 21.2. The number of carbonyl (C=O) groups excluding carboxylic acids is 2. The molecule has 10 nitrogen and oxygen atoms in total.